The van der Waals surface area contributed by atoms with Gasteiger partial charge >= 0.3 is 0 Å². The smallest absolute Gasteiger partial charge is 0.223 e. The molecule has 172 valence electrons. The first kappa shape index (κ1) is 21.7. The molecule has 2 amide bonds. The molecular formula is C27H32N4O2. The van der Waals surface area contributed by atoms with Crippen molar-refractivity contribution >= 4 is 22.8 Å². The first-order chi connectivity index (χ1) is 15.9. The largest absolute Gasteiger partial charge is 0.349 e. The standard InChI is InChI=1S/C27H32N4O2/c1-18-28-22-13-11-20(16-23(22)29-18)12-14-26(33)31-21(15-19-7-4-3-5-8-19)17-27(2)24(31)9-6-10-25(32)30-27/h3-5,7-8,11,13,16,21,24H,6,9-10,12,14-15,17H2,1-2H3,(H,28,29)(H,30,32)/t21-,24+,27+/m1/s1. The van der Waals surface area contributed by atoms with Gasteiger partial charge in [-0.15, -0.1) is 0 Å². The number of aromatic nitrogens is 2. The summed E-state index contributed by atoms with van der Waals surface area (Å²) >= 11 is 0. The molecule has 6 heteroatoms. The summed E-state index contributed by atoms with van der Waals surface area (Å²) in [6.45, 7) is 4.08. The molecule has 5 rings (SSSR count). The summed E-state index contributed by atoms with van der Waals surface area (Å²) in [6.07, 6.45) is 5.00. The van der Waals surface area contributed by atoms with E-state index in [0.29, 0.717) is 19.3 Å². The first-order valence-corrected chi connectivity index (χ1v) is 12.0. The molecular weight excluding hydrogens is 412 g/mol. The number of benzene rings is 2. The lowest BCUT2D eigenvalue weighted by atomic mass is 9.88. The molecule has 2 N–H and O–H groups in total. The van der Waals surface area contributed by atoms with E-state index >= 15 is 0 Å². The van der Waals surface area contributed by atoms with Crippen LogP contribution in [0.4, 0.5) is 0 Å². The highest BCUT2D eigenvalue weighted by Crippen LogP contribution is 2.39. The zero-order chi connectivity index (χ0) is 23.0. The second-order valence-electron chi connectivity index (χ2n) is 9.90. The van der Waals surface area contributed by atoms with Crippen LogP contribution in [0.3, 0.4) is 0 Å². The summed E-state index contributed by atoms with van der Waals surface area (Å²) in [5, 5.41) is 3.27. The van der Waals surface area contributed by atoms with Crippen LogP contribution in [-0.2, 0) is 22.4 Å². The van der Waals surface area contributed by atoms with Crippen molar-refractivity contribution in [2.45, 2.75) is 76.4 Å². The van der Waals surface area contributed by atoms with Gasteiger partial charge in [-0.1, -0.05) is 36.4 Å². The minimum absolute atomic E-state index is 0.0444. The molecule has 3 atom stereocenters. The highest BCUT2D eigenvalue weighted by atomic mass is 16.2. The van der Waals surface area contributed by atoms with E-state index in [1.807, 2.05) is 31.2 Å². The Morgan fingerprint density at radius 3 is 2.82 bits per heavy atom. The van der Waals surface area contributed by atoms with Gasteiger partial charge in [0.25, 0.3) is 0 Å². The van der Waals surface area contributed by atoms with Crippen molar-refractivity contribution in [1.29, 1.82) is 0 Å². The number of aromatic amines is 1. The van der Waals surface area contributed by atoms with E-state index < -0.39 is 0 Å². The van der Waals surface area contributed by atoms with E-state index in [1.54, 1.807) is 0 Å². The van der Waals surface area contributed by atoms with Crippen molar-refractivity contribution in [3.8, 4) is 0 Å². The topological polar surface area (TPSA) is 78.1 Å². The number of fused-ring (bicyclic) bond motifs is 2. The molecule has 3 heterocycles. The second-order valence-corrected chi connectivity index (χ2v) is 9.90. The fourth-order valence-electron chi connectivity index (χ4n) is 5.87. The maximum absolute atomic E-state index is 13.7. The van der Waals surface area contributed by atoms with Crippen LogP contribution in [0.25, 0.3) is 11.0 Å². The van der Waals surface area contributed by atoms with Gasteiger partial charge in [-0.3, -0.25) is 9.59 Å². The number of rotatable bonds is 5. The zero-order valence-electron chi connectivity index (χ0n) is 19.4. The predicted octanol–water partition coefficient (Wildman–Crippen LogP) is 4.07. The van der Waals surface area contributed by atoms with E-state index in [2.05, 4.69) is 51.4 Å². The maximum atomic E-state index is 13.7. The summed E-state index contributed by atoms with van der Waals surface area (Å²) in [6, 6.07) is 16.7. The third-order valence-corrected chi connectivity index (χ3v) is 7.33. The van der Waals surface area contributed by atoms with Gasteiger partial charge in [0.05, 0.1) is 22.6 Å². The number of hydrogen-bond donors (Lipinski definition) is 2. The van der Waals surface area contributed by atoms with Crippen LogP contribution in [0, 0.1) is 6.92 Å². The average Bonchev–Trinajstić information content (AvgIpc) is 3.23. The Labute approximate surface area is 194 Å². The molecule has 33 heavy (non-hydrogen) atoms. The van der Waals surface area contributed by atoms with E-state index in [9.17, 15) is 9.59 Å². The summed E-state index contributed by atoms with van der Waals surface area (Å²) in [5.41, 5.74) is 3.96. The molecule has 2 aliphatic heterocycles. The van der Waals surface area contributed by atoms with E-state index in [-0.39, 0.29) is 29.4 Å². The predicted molar refractivity (Wildman–Crippen MR) is 129 cm³/mol. The average molecular weight is 445 g/mol. The maximum Gasteiger partial charge on any atom is 0.223 e. The Morgan fingerprint density at radius 2 is 2.00 bits per heavy atom. The van der Waals surface area contributed by atoms with Crippen LogP contribution < -0.4 is 5.32 Å². The highest BCUT2D eigenvalue weighted by Gasteiger charge is 2.52. The van der Waals surface area contributed by atoms with Gasteiger partial charge in [-0.05, 0) is 69.2 Å². The van der Waals surface area contributed by atoms with Crippen LogP contribution in [-0.4, -0.2) is 44.3 Å². The summed E-state index contributed by atoms with van der Waals surface area (Å²) in [5.74, 6) is 1.19. The van der Waals surface area contributed by atoms with Crippen LogP contribution in [0.15, 0.2) is 48.5 Å². The second kappa shape index (κ2) is 8.65. The number of nitrogens with one attached hydrogen (secondary N) is 2. The number of nitrogens with zero attached hydrogens (tertiary/aromatic N) is 2. The molecule has 0 spiro atoms. The van der Waals surface area contributed by atoms with Crippen molar-refractivity contribution in [3.63, 3.8) is 0 Å². The number of amides is 2. The van der Waals surface area contributed by atoms with Crippen molar-refractivity contribution < 1.29 is 9.59 Å². The van der Waals surface area contributed by atoms with Crippen LogP contribution in [0.1, 0.15) is 56.0 Å². The molecule has 0 bridgehead atoms. The fraction of sp³-hybridized carbons (Fsp3) is 0.444. The van der Waals surface area contributed by atoms with Crippen molar-refractivity contribution in [1.82, 2.24) is 20.2 Å². The lowest BCUT2D eigenvalue weighted by molar-refractivity contribution is -0.135. The normalized spacial score (nSPS) is 25.0. The number of hydrogen-bond acceptors (Lipinski definition) is 3. The molecule has 6 nitrogen and oxygen atoms in total. The Balaban J connectivity index is 1.37. The van der Waals surface area contributed by atoms with Gasteiger partial charge in [0, 0.05) is 18.9 Å². The Morgan fingerprint density at radius 1 is 1.18 bits per heavy atom. The zero-order valence-corrected chi connectivity index (χ0v) is 19.4. The lowest BCUT2D eigenvalue weighted by Crippen LogP contribution is -2.54. The number of H-pyrrole nitrogens is 1. The molecule has 0 unspecified atom stereocenters. The Bertz CT molecular complexity index is 1170. The molecule has 2 saturated heterocycles. The third-order valence-electron chi connectivity index (χ3n) is 7.33. The number of carbonyl (C=O) groups excluding carboxylic acids is 2. The molecule has 0 radical (unpaired) electrons. The molecule has 0 aliphatic carbocycles. The van der Waals surface area contributed by atoms with Crippen molar-refractivity contribution in [3.05, 3.63) is 65.5 Å². The van der Waals surface area contributed by atoms with Gasteiger partial charge in [0.1, 0.15) is 5.82 Å². The van der Waals surface area contributed by atoms with E-state index in [4.69, 9.17) is 0 Å². The monoisotopic (exact) mass is 444 g/mol. The van der Waals surface area contributed by atoms with E-state index in [0.717, 1.165) is 48.1 Å². The lowest BCUT2D eigenvalue weighted by Gasteiger charge is -2.35. The fourth-order valence-corrected chi connectivity index (χ4v) is 5.87. The summed E-state index contributed by atoms with van der Waals surface area (Å²) < 4.78 is 0. The van der Waals surface area contributed by atoms with Crippen molar-refractivity contribution in [2.75, 3.05) is 0 Å². The molecule has 2 fully saturated rings. The molecule has 1 aromatic heterocycles. The van der Waals surface area contributed by atoms with Gasteiger partial charge < -0.3 is 15.2 Å². The van der Waals surface area contributed by atoms with Gasteiger partial charge in [0.15, 0.2) is 0 Å². The number of likely N-dealkylation sites (tertiary alicyclic amines) is 1. The molecule has 2 aliphatic rings. The minimum Gasteiger partial charge on any atom is -0.349 e. The van der Waals surface area contributed by atoms with Gasteiger partial charge in [-0.2, -0.15) is 0 Å². The quantitative estimate of drug-likeness (QED) is 0.623. The van der Waals surface area contributed by atoms with Crippen molar-refractivity contribution in [2.24, 2.45) is 0 Å². The highest BCUT2D eigenvalue weighted by molar-refractivity contribution is 5.81. The Hall–Kier alpha value is -3.15. The van der Waals surface area contributed by atoms with Gasteiger partial charge in [-0.25, -0.2) is 4.98 Å². The Kier molecular flexibility index (Phi) is 5.69. The number of imidazole rings is 1. The number of carbonyl (C=O) groups is 2. The first-order valence-electron chi connectivity index (χ1n) is 12.0. The van der Waals surface area contributed by atoms with Crippen LogP contribution in [0.2, 0.25) is 0 Å². The molecule has 3 aromatic rings. The number of aryl methyl sites for hydroxylation is 2. The van der Waals surface area contributed by atoms with E-state index in [1.165, 1.54) is 5.56 Å². The van der Waals surface area contributed by atoms with Crippen LogP contribution in [0.5, 0.6) is 0 Å². The third kappa shape index (κ3) is 4.39. The van der Waals surface area contributed by atoms with Crippen LogP contribution >= 0.6 is 0 Å². The SMILES string of the molecule is Cc1nc2ccc(CCC(=O)N3[C@H](Cc4ccccc4)C[C@]4(C)NC(=O)CCC[C@H]34)cc2[nH]1. The van der Waals surface area contributed by atoms with Gasteiger partial charge in [0.2, 0.25) is 11.8 Å². The minimum atomic E-state index is -0.366. The summed E-state index contributed by atoms with van der Waals surface area (Å²) in [7, 11) is 0. The summed E-state index contributed by atoms with van der Waals surface area (Å²) in [4.78, 5) is 35.9. The molecule has 2 aromatic carbocycles. The molecule has 0 saturated carbocycles.